The van der Waals surface area contributed by atoms with Crippen LogP contribution in [-0.4, -0.2) is 29.5 Å². The minimum absolute atomic E-state index is 0.466. The molecule has 0 unspecified atom stereocenters. The number of ether oxygens (including phenoxy) is 4. The quantitative estimate of drug-likeness (QED) is 0.152. The first-order valence-corrected chi connectivity index (χ1v) is 15.5. The molecule has 0 amide bonds. The number of nitrogens with zero attached hydrogens (tertiary/aromatic N) is 6. The van der Waals surface area contributed by atoms with E-state index in [0.29, 0.717) is 52.2 Å². The van der Waals surface area contributed by atoms with Gasteiger partial charge >= 0.3 is 0 Å². The lowest BCUT2D eigenvalue weighted by Crippen LogP contribution is -2.01. The number of benzene rings is 4. The number of pyridine rings is 2. The standard InChI is InChI=1S/C39H28N6O4/c1-25-9-11-29(48-37-7-3-5-17-41-37)21-35(25)46-27-13-15-31-32-16-14-28(20-34(32)45(33(31)19-27)39-43-23-40-24-44-39)47-36-22-30(12-10-26(36)2)49-38-8-4-6-18-42-38/h3-24H,1-2H3. The second kappa shape index (κ2) is 12.8. The highest BCUT2D eigenvalue weighted by Gasteiger charge is 2.17. The fourth-order valence-corrected chi connectivity index (χ4v) is 5.49. The summed E-state index contributed by atoms with van der Waals surface area (Å²) in [4.78, 5) is 21.5. The molecule has 0 aliphatic carbocycles. The molecule has 4 heterocycles. The van der Waals surface area contributed by atoms with Gasteiger partial charge in [0.05, 0.1) is 11.0 Å². The highest BCUT2D eigenvalue weighted by Crippen LogP contribution is 2.39. The van der Waals surface area contributed by atoms with Gasteiger partial charge in [-0.05, 0) is 73.5 Å². The third-order valence-corrected chi connectivity index (χ3v) is 7.89. The Hall–Kier alpha value is -6.81. The fraction of sp³-hybridized carbons (Fsp3) is 0.0513. The molecule has 0 aliphatic rings. The van der Waals surface area contributed by atoms with E-state index in [1.165, 1.54) is 12.7 Å². The molecular formula is C39H28N6O4. The molecule has 8 aromatic rings. The van der Waals surface area contributed by atoms with Crippen molar-refractivity contribution < 1.29 is 18.9 Å². The molecule has 4 aromatic heterocycles. The molecule has 0 N–H and O–H groups in total. The zero-order chi connectivity index (χ0) is 33.2. The van der Waals surface area contributed by atoms with Gasteiger partial charge in [0.2, 0.25) is 17.7 Å². The second-order valence-corrected chi connectivity index (χ2v) is 11.2. The number of rotatable bonds is 9. The van der Waals surface area contributed by atoms with Gasteiger partial charge in [-0.15, -0.1) is 0 Å². The van der Waals surface area contributed by atoms with Crippen molar-refractivity contribution in [1.82, 2.24) is 29.5 Å². The topological polar surface area (TPSA) is 106 Å². The largest absolute Gasteiger partial charge is 0.457 e. The average molecular weight is 645 g/mol. The van der Waals surface area contributed by atoms with Crippen LogP contribution in [0, 0.1) is 13.8 Å². The molecule has 238 valence electrons. The van der Waals surface area contributed by atoms with E-state index in [-0.39, 0.29) is 0 Å². The van der Waals surface area contributed by atoms with Gasteiger partial charge in [-0.3, -0.25) is 4.57 Å². The summed E-state index contributed by atoms with van der Waals surface area (Å²) < 4.78 is 26.8. The third kappa shape index (κ3) is 6.18. The van der Waals surface area contributed by atoms with Crippen molar-refractivity contribution in [1.29, 1.82) is 0 Å². The molecule has 10 nitrogen and oxygen atoms in total. The Morgan fingerprint density at radius 1 is 0.469 bits per heavy atom. The van der Waals surface area contributed by atoms with E-state index in [1.54, 1.807) is 24.5 Å². The van der Waals surface area contributed by atoms with Gasteiger partial charge in [0, 0.05) is 59.6 Å². The highest BCUT2D eigenvalue weighted by molar-refractivity contribution is 6.09. The molecule has 0 fully saturated rings. The second-order valence-electron chi connectivity index (χ2n) is 11.2. The minimum atomic E-state index is 0.466. The van der Waals surface area contributed by atoms with Gasteiger partial charge in [-0.2, -0.15) is 0 Å². The van der Waals surface area contributed by atoms with Gasteiger partial charge in [-0.25, -0.2) is 24.9 Å². The molecule has 0 radical (unpaired) electrons. The van der Waals surface area contributed by atoms with Crippen molar-refractivity contribution in [2.24, 2.45) is 0 Å². The van der Waals surface area contributed by atoms with Crippen molar-refractivity contribution in [3.63, 3.8) is 0 Å². The first-order chi connectivity index (χ1) is 24.1. The normalized spacial score (nSPS) is 11.1. The lowest BCUT2D eigenvalue weighted by Gasteiger charge is -2.12. The Kier molecular flexibility index (Phi) is 7.71. The average Bonchev–Trinajstić information content (AvgIpc) is 3.45. The maximum Gasteiger partial charge on any atom is 0.237 e. The summed E-state index contributed by atoms with van der Waals surface area (Å²) in [5.74, 6) is 5.32. The van der Waals surface area contributed by atoms with Crippen LogP contribution in [0.1, 0.15) is 11.1 Å². The highest BCUT2D eigenvalue weighted by atomic mass is 16.5. The number of aryl methyl sites for hydroxylation is 2. The van der Waals surface area contributed by atoms with Gasteiger partial charge in [-0.1, -0.05) is 24.3 Å². The van der Waals surface area contributed by atoms with Crippen LogP contribution in [0.4, 0.5) is 0 Å². The number of fused-ring (bicyclic) bond motifs is 3. The van der Waals surface area contributed by atoms with Crippen molar-refractivity contribution in [2.75, 3.05) is 0 Å². The maximum atomic E-state index is 6.44. The molecule has 10 heteroatoms. The Bertz CT molecular complexity index is 2270. The molecular weight excluding hydrogens is 616 g/mol. The van der Waals surface area contributed by atoms with Crippen LogP contribution in [0.3, 0.4) is 0 Å². The van der Waals surface area contributed by atoms with Gasteiger partial charge in [0.25, 0.3) is 0 Å². The van der Waals surface area contributed by atoms with E-state index in [9.17, 15) is 0 Å². The fourth-order valence-electron chi connectivity index (χ4n) is 5.49. The van der Waals surface area contributed by atoms with E-state index in [2.05, 4.69) is 24.9 Å². The molecule has 4 aromatic carbocycles. The van der Waals surface area contributed by atoms with E-state index in [4.69, 9.17) is 18.9 Å². The number of hydrogen-bond acceptors (Lipinski definition) is 9. The Morgan fingerprint density at radius 2 is 0.939 bits per heavy atom. The minimum Gasteiger partial charge on any atom is -0.457 e. The Labute approximate surface area is 281 Å². The van der Waals surface area contributed by atoms with Gasteiger partial charge < -0.3 is 18.9 Å². The van der Waals surface area contributed by atoms with Gasteiger partial charge in [0.1, 0.15) is 47.2 Å². The molecule has 0 spiro atoms. The van der Waals surface area contributed by atoms with Crippen molar-refractivity contribution >= 4 is 21.8 Å². The zero-order valence-corrected chi connectivity index (χ0v) is 26.5. The molecule has 0 aliphatic heterocycles. The van der Waals surface area contributed by atoms with Crippen molar-refractivity contribution in [3.05, 3.63) is 145 Å². The van der Waals surface area contributed by atoms with E-state index in [0.717, 1.165) is 32.9 Å². The van der Waals surface area contributed by atoms with Crippen molar-refractivity contribution in [3.8, 4) is 52.2 Å². The SMILES string of the molecule is Cc1ccc(Oc2ccccn2)cc1Oc1ccc2c3ccc(Oc4cc(Oc5ccccn5)ccc4C)cc3n(-c3ncncn3)c2c1. The van der Waals surface area contributed by atoms with Crippen LogP contribution < -0.4 is 18.9 Å². The predicted octanol–water partition coefficient (Wildman–Crippen LogP) is 9.54. The number of aromatic nitrogens is 6. The number of hydrogen-bond donors (Lipinski definition) is 0. The first kappa shape index (κ1) is 29.6. The molecule has 0 bridgehead atoms. The summed E-state index contributed by atoms with van der Waals surface area (Å²) in [6.07, 6.45) is 6.34. The maximum absolute atomic E-state index is 6.44. The molecule has 8 rings (SSSR count). The van der Waals surface area contributed by atoms with E-state index in [1.807, 2.05) is 115 Å². The lowest BCUT2D eigenvalue weighted by atomic mass is 10.1. The third-order valence-electron chi connectivity index (χ3n) is 7.89. The summed E-state index contributed by atoms with van der Waals surface area (Å²) in [6, 6.07) is 34.4. The molecule has 0 saturated heterocycles. The van der Waals surface area contributed by atoms with Crippen LogP contribution in [0.5, 0.6) is 46.3 Å². The molecule has 49 heavy (non-hydrogen) atoms. The summed E-state index contributed by atoms with van der Waals surface area (Å²) in [5.41, 5.74) is 3.63. The zero-order valence-electron chi connectivity index (χ0n) is 26.5. The lowest BCUT2D eigenvalue weighted by molar-refractivity contribution is 0.447. The summed E-state index contributed by atoms with van der Waals surface area (Å²) in [7, 11) is 0. The van der Waals surface area contributed by atoms with Crippen LogP contribution in [0.15, 0.2) is 134 Å². The predicted molar refractivity (Wildman–Crippen MR) is 185 cm³/mol. The summed E-state index contributed by atoms with van der Waals surface area (Å²) in [6.45, 7) is 3.98. The molecule has 0 atom stereocenters. The van der Waals surface area contributed by atoms with Crippen LogP contribution in [-0.2, 0) is 0 Å². The first-order valence-electron chi connectivity index (χ1n) is 15.5. The molecule has 0 saturated carbocycles. The van der Waals surface area contributed by atoms with Crippen LogP contribution in [0.2, 0.25) is 0 Å². The van der Waals surface area contributed by atoms with Crippen molar-refractivity contribution in [2.45, 2.75) is 13.8 Å². The Morgan fingerprint density at radius 3 is 1.41 bits per heavy atom. The van der Waals surface area contributed by atoms with Gasteiger partial charge in [0.15, 0.2) is 0 Å². The van der Waals surface area contributed by atoms with E-state index >= 15 is 0 Å². The Balaban J connectivity index is 1.16. The summed E-state index contributed by atoms with van der Waals surface area (Å²) >= 11 is 0. The smallest absolute Gasteiger partial charge is 0.237 e. The summed E-state index contributed by atoms with van der Waals surface area (Å²) in [5, 5.41) is 2.00. The van der Waals surface area contributed by atoms with E-state index < -0.39 is 0 Å². The van der Waals surface area contributed by atoms with Crippen LogP contribution in [0.25, 0.3) is 27.8 Å². The monoisotopic (exact) mass is 644 g/mol. The van der Waals surface area contributed by atoms with Crippen LogP contribution >= 0.6 is 0 Å².